The van der Waals surface area contributed by atoms with Gasteiger partial charge in [-0.2, -0.15) is 0 Å². The molecule has 0 heterocycles. The first-order valence-electron chi connectivity index (χ1n) is 5.42. The zero-order chi connectivity index (χ0) is 12.7. The lowest BCUT2D eigenvalue weighted by Crippen LogP contribution is -2.12. The Balaban J connectivity index is 2.79. The van der Waals surface area contributed by atoms with Gasteiger partial charge in [0, 0.05) is 23.7 Å². The molecule has 0 fully saturated rings. The van der Waals surface area contributed by atoms with Crippen molar-refractivity contribution in [2.24, 2.45) is 0 Å². The average Bonchev–Trinajstić information content (AvgIpc) is 2.33. The van der Waals surface area contributed by atoms with E-state index in [-0.39, 0.29) is 0 Å². The first-order chi connectivity index (χ1) is 8.20. The first-order valence-corrected chi connectivity index (χ1v) is 6.65. The van der Waals surface area contributed by atoms with Gasteiger partial charge in [0.2, 0.25) is 0 Å². The number of carbonyl (C=O) groups is 1. The molecule has 0 amide bonds. The van der Waals surface area contributed by atoms with E-state index >= 15 is 0 Å². The number of rotatable bonds is 7. The fourth-order valence-electron chi connectivity index (χ4n) is 1.47. The van der Waals surface area contributed by atoms with Gasteiger partial charge < -0.3 is 15.2 Å². The molecular weight excluding hydrogens is 238 g/mol. The van der Waals surface area contributed by atoms with Crippen LogP contribution >= 0.6 is 11.8 Å². The van der Waals surface area contributed by atoms with Crippen LogP contribution in [0, 0.1) is 0 Å². The van der Waals surface area contributed by atoms with Gasteiger partial charge in [-0.25, -0.2) is 4.79 Å². The molecule has 0 aliphatic carbocycles. The van der Waals surface area contributed by atoms with Gasteiger partial charge in [-0.3, -0.25) is 0 Å². The summed E-state index contributed by atoms with van der Waals surface area (Å²) < 4.78 is 5.20. The smallest absolute Gasteiger partial charge is 0.338 e. The minimum Gasteiger partial charge on any atom is -0.478 e. The Labute approximate surface area is 105 Å². The molecule has 0 saturated heterocycles. The fraction of sp³-hybridized carbons (Fsp3) is 0.417. The van der Waals surface area contributed by atoms with Crippen molar-refractivity contribution < 1.29 is 14.6 Å². The molecule has 0 unspecified atom stereocenters. The maximum atomic E-state index is 11.2. The van der Waals surface area contributed by atoms with Gasteiger partial charge in [-0.1, -0.05) is 6.07 Å². The highest BCUT2D eigenvalue weighted by atomic mass is 32.2. The summed E-state index contributed by atoms with van der Waals surface area (Å²) in [6, 6.07) is 5.43. The molecule has 1 aromatic rings. The third kappa shape index (κ3) is 3.94. The number of hydrogen-bond acceptors (Lipinski definition) is 4. The number of ether oxygens (including phenoxy) is 1. The van der Waals surface area contributed by atoms with Gasteiger partial charge in [0.1, 0.15) is 0 Å². The molecule has 0 spiro atoms. The van der Waals surface area contributed by atoms with Crippen LogP contribution in [0.15, 0.2) is 23.1 Å². The largest absolute Gasteiger partial charge is 0.478 e. The number of carboxylic acids is 1. The van der Waals surface area contributed by atoms with Gasteiger partial charge >= 0.3 is 5.97 Å². The monoisotopic (exact) mass is 255 g/mol. The molecule has 0 aromatic heterocycles. The Bertz CT molecular complexity index is 382. The maximum absolute atomic E-state index is 11.2. The Hall–Kier alpha value is -1.20. The van der Waals surface area contributed by atoms with Gasteiger partial charge in [0.15, 0.2) is 0 Å². The Morgan fingerprint density at radius 3 is 2.88 bits per heavy atom. The lowest BCUT2D eigenvalue weighted by molar-refractivity contribution is 0.0694. The Kier molecular flexibility index (Phi) is 5.86. The van der Waals surface area contributed by atoms with E-state index in [2.05, 4.69) is 5.32 Å². The number of benzene rings is 1. The second-order valence-electron chi connectivity index (χ2n) is 3.31. The SMILES string of the molecule is CCOCCNc1cccc(SC)c1C(=O)O. The highest BCUT2D eigenvalue weighted by Gasteiger charge is 2.14. The molecule has 0 saturated carbocycles. The zero-order valence-electron chi connectivity index (χ0n) is 10.0. The summed E-state index contributed by atoms with van der Waals surface area (Å²) in [4.78, 5) is 12.0. The van der Waals surface area contributed by atoms with Crippen molar-refractivity contribution in [2.45, 2.75) is 11.8 Å². The summed E-state index contributed by atoms with van der Waals surface area (Å²) in [5.74, 6) is -0.908. The minimum atomic E-state index is -0.908. The number of aromatic carboxylic acids is 1. The molecule has 0 radical (unpaired) electrons. The highest BCUT2D eigenvalue weighted by molar-refractivity contribution is 7.98. The Morgan fingerprint density at radius 1 is 1.53 bits per heavy atom. The molecule has 17 heavy (non-hydrogen) atoms. The first kappa shape index (κ1) is 13.9. The van der Waals surface area contributed by atoms with Crippen molar-refractivity contribution in [3.8, 4) is 0 Å². The van der Waals surface area contributed by atoms with Gasteiger partial charge in [0.25, 0.3) is 0 Å². The number of anilines is 1. The summed E-state index contributed by atoms with van der Waals surface area (Å²) >= 11 is 1.43. The minimum absolute atomic E-state index is 0.330. The fourth-order valence-corrected chi connectivity index (χ4v) is 2.09. The Morgan fingerprint density at radius 2 is 2.29 bits per heavy atom. The summed E-state index contributed by atoms with van der Waals surface area (Å²) in [5.41, 5.74) is 0.973. The average molecular weight is 255 g/mol. The molecular formula is C12H17NO3S. The van der Waals surface area contributed by atoms with Crippen LogP contribution in [0.2, 0.25) is 0 Å². The van der Waals surface area contributed by atoms with Gasteiger partial charge in [-0.05, 0) is 25.3 Å². The molecule has 2 N–H and O–H groups in total. The third-order valence-electron chi connectivity index (χ3n) is 2.23. The van der Waals surface area contributed by atoms with E-state index in [1.54, 1.807) is 6.07 Å². The molecule has 0 aliphatic heterocycles. The standard InChI is InChI=1S/C12H17NO3S/c1-3-16-8-7-13-9-5-4-6-10(17-2)11(9)12(14)15/h4-6,13H,3,7-8H2,1-2H3,(H,14,15). The lowest BCUT2D eigenvalue weighted by atomic mass is 10.2. The van der Waals surface area contributed by atoms with Crippen molar-refractivity contribution in [1.29, 1.82) is 0 Å². The van der Waals surface area contributed by atoms with Crippen LogP contribution in [-0.2, 0) is 4.74 Å². The molecule has 4 nitrogen and oxygen atoms in total. The van der Waals surface area contributed by atoms with Crippen molar-refractivity contribution in [3.05, 3.63) is 23.8 Å². The predicted molar refractivity (Wildman–Crippen MR) is 70.2 cm³/mol. The second kappa shape index (κ2) is 7.19. The number of carboxylic acid groups (broad SMARTS) is 1. The van der Waals surface area contributed by atoms with Crippen LogP contribution in [-0.4, -0.2) is 37.1 Å². The lowest BCUT2D eigenvalue weighted by Gasteiger charge is -2.12. The molecule has 94 valence electrons. The van der Waals surface area contributed by atoms with E-state index < -0.39 is 5.97 Å². The van der Waals surface area contributed by atoms with Gasteiger partial charge in [-0.15, -0.1) is 11.8 Å². The van der Waals surface area contributed by atoms with E-state index in [1.165, 1.54) is 11.8 Å². The van der Waals surface area contributed by atoms with Crippen molar-refractivity contribution in [1.82, 2.24) is 0 Å². The highest BCUT2D eigenvalue weighted by Crippen LogP contribution is 2.26. The normalized spacial score (nSPS) is 10.2. The molecule has 5 heteroatoms. The number of nitrogens with one attached hydrogen (secondary N) is 1. The number of thioether (sulfide) groups is 1. The van der Waals surface area contributed by atoms with Crippen LogP contribution < -0.4 is 5.32 Å². The van der Waals surface area contributed by atoms with Crippen LogP contribution in [0.3, 0.4) is 0 Å². The van der Waals surface area contributed by atoms with E-state index in [0.717, 1.165) is 4.90 Å². The van der Waals surface area contributed by atoms with E-state index in [9.17, 15) is 9.90 Å². The molecule has 0 atom stereocenters. The quantitative estimate of drug-likeness (QED) is 0.579. The summed E-state index contributed by atoms with van der Waals surface area (Å²) in [6.07, 6.45) is 1.87. The van der Waals surface area contributed by atoms with E-state index in [0.29, 0.717) is 31.0 Å². The zero-order valence-corrected chi connectivity index (χ0v) is 10.8. The van der Waals surface area contributed by atoms with E-state index in [4.69, 9.17) is 4.74 Å². The van der Waals surface area contributed by atoms with Crippen LogP contribution in [0.4, 0.5) is 5.69 Å². The topological polar surface area (TPSA) is 58.6 Å². The predicted octanol–water partition coefficient (Wildman–Crippen LogP) is 2.56. The van der Waals surface area contributed by atoms with Crippen molar-refractivity contribution >= 4 is 23.4 Å². The summed E-state index contributed by atoms with van der Waals surface area (Å²) in [5, 5.41) is 12.3. The van der Waals surface area contributed by atoms with Crippen LogP contribution in [0.25, 0.3) is 0 Å². The molecule has 0 bridgehead atoms. The molecule has 0 aliphatic rings. The van der Waals surface area contributed by atoms with E-state index in [1.807, 2.05) is 25.3 Å². The van der Waals surface area contributed by atoms with Crippen molar-refractivity contribution in [3.63, 3.8) is 0 Å². The molecule has 1 rings (SSSR count). The van der Waals surface area contributed by atoms with Crippen LogP contribution in [0.1, 0.15) is 17.3 Å². The van der Waals surface area contributed by atoms with Crippen LogP contribution in [0.5, 0.6) is 0 Å². The van der Waals surface area contributed by atoms with Crippen molar-refractivity contribution in [2.75, 3.05) is 31.3 Å². The summed E-state index contributed by atoms with van der Waals surface area (Å²) in [6.45, 7) is 3.76. The summed E-state index contributed by atoms with van der Waals surface area (Å²) in [7, 11) is 0. The number of hydrogen-bond donors (Lipinski definition) is 2. The molecule has 1 aromatic carbocycles. The van der Waals surface area contributed by atoms with Gasteiger partial charge in [0.05, 0.1) is 12.2 Å². The second-order valence-corrected chi connectivity index (χ2v) is 4.16. The maximum Gasteiger partial charge on any atom is 0.338 e. The third-order valence-corrected chi connectivity index (χ3v) is 3.01.